The van der Waals surface area contributed by atoms with E-state index in [4.69, 9.17) is 14.6 Å². The van der Waals surface area contributed by atoms with Crippen LogP contribution in [0.15, 0.2) is 42.5 Å². The monoisotopic (exact) mass is 327 g/mol. The normalized spacial score (nSPS) is 16.3. The first-order valence-corrected chi connectivity index (χ1v) is 7.93. The van der Waals surface area contributed by atoms with Crippen LogP contribution < -0.4 is 14.4 Å². The van der Waals surface area contributed by atoms with Gasteiger partial charge in [-0.2, -0.15) is 0 Å². The van der Waals surface area contributed by atoms with E-state index in [0.29, 0.717) is 12.1 Å². The van der Waals surface area contributed by atoms with Gasteiger partial charge in [0.2, 0.25) is 0 Å². The van der Waals surface area contributed by atoms with Crippen molar-refractivity contribution in [2.45, 2.75) is 19.6 Å². The van der Waals surface area contributed by atoms with Gasteiger partial charge in [-0.25, -0.2) is 0 Å². The molecule has 1 atom stereocenters. The zero-order chi connectivity index (χ0) is 17.1. The molecule has 0 radical (unpaired) electrons. The largest absolute Gasteiger partial charge is 0.497 e. The maximum atomic E-state index is 11.8. The predicted molar refractivity (Wildman–Crippen MR) is 92.0 cm³/mol. The van der Waals surface area contributed by atoms with E-state index in [2.05, 4.69) is 4.90 Å². The number of carbonyl (C=O) groups is 1. The van der Waals surface area contributed by atoms with Crippen LogP contribution in [0.25, 0.3) is 0 Å². The summed E-state index contributed by atoms with van der Waals surface area (Å²) >= 11 is 0. The van der Waals surface area contributed by atoms with E-state index in [1.54, 1.807) is 25.3 Å². The van der Waals surface area contributed by atoms with Crippen LogP contribution >= 0.6 is 0 Å². The van der Waals surface area contributed by atoms with E-state index >= 15 is 0 Å². The number of Topliss-reactive ketones (excluding diaryl/α,β-unsaturated/α-hetero) is 1. The minimum atomic E-state index is -0.492. The van der Waals surface area contributed by atoms with Gasteiger partial charge in [-0.3, -0.25) is 4.79 Å². The number of ether oxygens (including phenoxy) is 2. The number of methoxy groups -OCH3 is 1. The topological polar surface area (TPSA) is 59.0 Å². The van der Waals surface area contributed by atoms with Crippen LogP contribution in [0.3, 0.4) is 0 Å². The molecule has 1 aliphatic rings. The average molecular weight is 327 g/mol. The van der Waals surface area contributed by atoms with Gasteiger partial charge in [0.05, 0.1) is 19.3 Å². The molecule has 0 bridgehead atoms. The highest BCUT2D eigenvalue weighted by Gasteiger charge is 2.24. The van der Waals surface area contributed by atoms with Crippen LogP contribution in [-0.2, 0) is 6.54 Å². The second-order valence-electron chi connectivity index (χ2n) is 5.92. The van der Waals surface area contributed by atoms with Gasteiger partial charge in [-0.1, -0.05) is 12.1 Å². The van der Waals surface area contributed by atoms with Gasteiger partial charge in [0.15, 0.2) is 5.78 Å². The molecule has 0 aromatic heterocycles. The Morgan fingerprint density at radius 2 is 2.04 bits per heavy atom. The molecule has 0 fully saturated rings. The molecule has 3 rings (SSSR count). The van der Waals surface area contributed by atoms with Crippen molar-refractivity contribution in [1.82, 2.24) is 0 Å². The smallest absolute Gasteiger partial charge is 0.188 e. The lowest BCUT2D eigenvalue weighted by molar-refractivity contribution is 0.0903. The molecule has 0 aliphatic carbocycles. The van der Waals surface area contributed by atoms with Gasteiger partial charge >= 0.3 is 0 Å². The highest BCUT2D eigenvalue weighted by Crippen LogP contribution is 2.35. The molecule has 1 unspecified atom stereocenters. The van der Waals surface area contributed by atoms with E-state index in [1.807, 2.05) is 31.2 Å². The second-order valence-corrected chi connectivity index (χ2v) is 5.92. The second kappa shape index (κ2) is 6.93. The number of anilines is 1. The summed E-state index contributed by atoms with van der Waals surface area (Å²) in [5, 5.41) is 9.08. The van der Waals surface area contributed by atoms with E-state index in [-0.39, 0.29) is 11.9 Å². The van der Waals surface area contributed by atoms with Crippen LogP contribution in [0.2, 0.25) is 0 Å². The molecule has 0 amide bonds. The molecular weight excluding hydrogens is 306 g/mol. The Morgan fingerprint density at radius 3 is 2.71 bits per heavy atom. The summed E-state index contributed by atoms with van der Waals surface area (Å²) in [6.07, 6.45) is 0.0649. The highest BCUT2D eigenvalue weighted by molar-refractivity contribution is 5.98. The lowest BCUT2D eigenvalue weighted by Gasteiger charge is -2.35. The molecule has 2 aromatic carbocycles. The first-order valence-electron chi connectivity index (χ1n) is 7.93. The van der Waals surface area contributed by atoms with Gasteiger partial charge in [0, 0.05) is 12.1 Å². The minimum absolute atomic E-state index is 0.0649. The van der Waals surface area contributed by atoms with Crippen molar-refractivity contribution in [1.29, 1.82) is 0 Å². The zero-order valence-corrected chi connectivity index (χ0v) is 13.9. The molecule has 1 aliphatic heterocycles. The summed E-state index contributed by atoms with van der Waals surface area (Å²) in [6.45, 7) is 2.97. The fraction of sp³-hybridized carbons (Fsp3) is 0.316. The van der Waals surface area contributed by atoms with Crippen LogP contribution in [-0.4, -0.2) is 37.3 Å². The Labute approximate surface area is 141 Å². The van der Waals surface area contributed by atoms with E-state index in [9.17, 15) is 4.79 Å². The molecule has 1 heterocycles. The fourth-order valence-corrected chi connectivity index (χ4v) is 2.89. The Hall–Kier alpha value is -2.53. The molecule has 0 spiro atoms. The Kier molecular flexibility index (Phi) is 4.71. The van der Waals surface area contributed by atoms with E-state index < -0.39 is 6.61 Å². The first kappa shape index (κ1) is 16.3. The van der Waals surface area contributed by atoms with Gasteiger partial charge in [0.25, 0.3) is 0 Å². The Morgan fingerprint density at radius 1 is 1.29 bits per heavy atom. The highest BCUT2D eigenvalue weighted by atomic mass is 16.5. The van der Waals surface area contributed by atoms with Crippen LogP contribution in [0.5, 0.6) is 11.5 Å². The fourth-order valence-electron chi connectivity index (χ4n) is 2.89. The van der Waals surface area contributed by atoms with Crippen molar-refractivity contribution in [3.63, 3.8) is 0 Å². The number of aliphatic hydroxyl groups is 1. The number of hydrogen-bond donors (Lipinski definition) is 1. The molecular formula is C19H21NO4. The number of ketones is 1. The number of rotatable bonds is 5. The van der Waals surface area contributed by atoms with Crippen molar-refractivity contribution < 1.29 is 19.4 Å². The summed E-state index contributed by atoms with van der Waals surface area (Å²) in [5.74, 6) is 1.29. The van der Waals surface area contributed by atoms with Crippen molar-refractivity contribution in [2.75, 3.05) is 25.2 Å². The summed E-state index contributed by atoms with van der Waals surface area (Å²) in [7, 11) is 1.65. The Bertz CT molecular complexity index is 727. The zero-order valence-electron chi connectivity index (χ0n) is 13.9. The summed E-state index contributed by atoms with van der Waals surface area (Å²) < 4.78 is 11.1. The number of hydrogen-bond acceptors (Lipinski definition) is 5. The summed E-state index contributed by atoms with van der Waals surface area (Å²) in [4.78, 5) is 14.0. The van der Waals surface area contributed by atoms with Crippen LogP contribution in [0.4, 0.5) is 5.69 Å². The lowest BCUT2D eigenvalue weighted by Crippen LogP contribution is -2.38. The molecule has 1 N–H and O–H groups in total. The van der Waals surface area contributed by atoms with Crippen LogP contribution in [0.1, 0.15) is 22.8 Å². The maximum absolute atomic E-state index is 11.8. The van der Waals surface area contributed by atoms with Crippen molar-refractivity contribution >= 4 is 11.5 Å². The van der Waals surface area contributed by atoms with Crippen molar-refractivity contribution in [3.8, 4) is 11.5 Å². The number of benzene rings is 2. The predicted octanol–water partition coefficient (Wildman–Crippen LogP) is 2.66. The van der Waals surface area contributed by atoms with E-state index in [1.165, 1.54) is 0 Å². The van der Waals surface area contributed by atoms with E-state index in [0.717, 1.165) is 29.3 Å². The minimum Gasteiger partial charge on any atom is -0.497 e. The molecule has 0 saturated heterocycles. The van der Waals surface area contributed by atoms with Gasteiger partial charge in [-0.05, 0) is 42.8 Å². The SMILES string of the molecule is COc1ccc(CN2CC(C)Oc3ccc(C(=O)CO)cc32)cc1. The maximum Gasteiger partial charge on any atom is 0.188 e. The molecule has 126 valence electrons. The van der Waals surface area contributed by atoms with Gasteiger partial charge in [0.1, 0.15) is 24.2 Å². The number of nitrogens with zero attached hydrogens (tertiary/aromatic N) is 1. The number of aliphatic hydroxyl groups excluding tert-OH is 1. The number of carbonyl (C=O) groups excluding carboxylic acids is 1. The Balaban J connectivity index is 1.89. The molecule has 0 saturated carbocycles. The molecule has 24 heavy (non-hydrogen) atoms. The van der Waals surface area contributed by atoms with Gasteiger partial charge in [-0.15, -0.1) is 0 Å². The van der Waals surface area contributed by atoms with Crippen molar-refractivity contribution in [2.24, 2.45) is 0 Å². The third-order valence-corrected chi connectivity index (χ3v) is 4.10. The standard InChI is InChI=1S/C19H21NO4/c1-13-10-20(11-14-3-6-16(23-2)7-4-14)17-9-15(18(22)12-21)5-8-19(17)24-13/h3-9,13,21H,10-12H2,1-2H3. The molecule has 5 nitrogen and oxygen atoms in total. The average Bonchev–Trinajstić information content (AvgIpc) is 2.61. The van der Waals surface area contributed by atoms with Crippen molar-refractivity contribution in [3.05, 3.63) is 53.6 Å². The number of fused-ring (bicyclic) bond motifs is 1. The lowest BCUT2D eigenvalue weighted by atomic mass is 10.1. The third kappa shape index (κ3) is 3.36. The quantitative estimate of drug-likeness (QED) is 0.856. The summed E-state index contributed by atoms with van der Waals surface area (Å²) in [6, 6.07) is 13.2. The summed E-state index contributed by atoms with van der Waals surface area (Å²) in [5.41, 5.74) is 2.52. The third-order valence-electron chi connectivity index (χ3n) is 4.10. The molecule has 5 heteroatoms. The van der Waals surface area contributed by atoms with Crippen LogP contribution in [0, 0.1) is 0 Å². The first-order chi connectivity index (χ1) is 11.6. The van der Waals surface area contributed by atoms with Gasteiger partial charge < -0.3 is 19.5 Å². The molecule has 2 aromatic rings.